The third kappa shape index (κ3) is 1.99. The van der Waals surface area contributed by atoms with Gasteiger partial charge in [-0.25, -0.2) is 9.78 Å². The van der Waals surface area contributed by atoms with Crippen molar-refractivity contribution in [3.8, 4) is 0 Å². The van der Waals surface area contributed by atoms with E-state index in [0.29, 0.717) is 12.0 Å². The molecule has 0 aromatic carbocycles. The van der Waals surface area contributed by atoms with E-state index in [1.807, 2.05) is 14.0 Å². The summed E-state index contributed by atoms with van der Waals surface area (Å²) in [6.45, 7) is 2.07. The monoisotopic (exact) mass is 302 g/mol. The summed E-state index contributed by atoms with van der Waals surface area (Å²) < 4.78 is 3.41. The summed E-state index contributed by atoms with van der Waals surface area (Å²) in [5.74, 6) is -0.255. The van der Waals surface area contributed by atoms with E-state index in [2.05, 4.69) is 15.4 Å². The van der Waals surface area contributed by atoms with Crippen LogP contribution >= 0.6 is 0 Å². The fraction of sp³-hybridized carbons (Fsp3) is 0.429. The standard InChI is InChI=1S/C14H18N6O2/c1-4-14(10-5-16-19(3)7-10)12(21)20(13(22)17-14)8-11-6-15-9-18(11)2/h5-7,9H,4,8H2,1-3H3,(H,17,22). The molecule has 8 heteroatoms. The van der Waals surface area contributed by atoms with Gasteiger partial charge in [-0.1, -0.05) is 6.92 Å². The number of aryl methyl sites for hydroxylation is 2. The lowest BCUT2D eigenvalue weighted by atomic mass is 9.89. The van der Waals surface area contributed by atoms with Crippen molar-refractivity contribution in [1.29, 1.82) is 0 Å². The van der Waals surface area contributed by atoms with E-state index in [1.165, 1.54) is 4.90 Å². The van der Waals surface area contributed by atoms with Gasteiger partial charge in [-0.15, -0.1) is 0 Å². The predicted molar refractivity (Wildman–Crippen MR) is 77.5 cm³/mol. The largest absolute Gasteiger partial charge is 0.336 e. The normalized spacial score (nSPS) is 21.5. The molecule has 3 heterocycles. The van der Waals surface area contributed by atoms with Crippen molar-refractivity contribution in [3.63, 3.8) is 0 Å². The number of carbonyl (C=O) groups excluding carboxylic acids is 2. The summed E-state index contributed by atoms with van der Waals surface area (Å²) in [7, 11) is 3.61. The van der Waals surface area contributed by atoms with Gasteiger partial charge in [-0.05, 0) is 6.42 Å². The zero-order valence-electron chi connectivity index (χ0n) is 12.8. The van der Waals surface area contributed by atoms with E-state index in [9.17, 15) is 9.59 Å². The van der Waals surface area contributed by atoms with E-state index in [1.54, 1.807) is 41.2 Å². The first-order valence-corrected chi connectivity index (χ1v) is 7.06. The second kappa shape index (κ2) is 4.97. The molecule has 1 aliphatic rings. The minimum Gasteiger partial charge on any atom is -0.336 e. The molecule has 1 aliphatic heterocycles. The molecular weight excluding hydrogens is 284 g/mol. The second-order valence-electron chi connectivity index (χ2n) is 5.48. The van der Waals surface area contributed by atoms with Crippen LogP contribution in [0.4, 0.5) is 4.79 Å². The molecule has 1 saturated heterocycles. The molecule has 3 amide bonds. The highest BCUT2D eigenvalue weighted by Gasteiger charge is 2.51. The summed E-state index contributed by atoms with van der Waals surface area (Å²) >= 11 is 0. The van der Waals surface area contributed by atoms with Crippen LogP contribution in [0.5, 0.6) is 0 Å². The average molecular weight is 302 g/mol. The SMILES string of the molecule is CCC1(c2cnn(C)c2)NC(=O)N(Cc2cncn2C)C1=O. The third-order valence-electron chi connectivity index (χ3n) is 4.14. The highest BCUT2D eigenvalue weighted by atomic mass is 16.2. The van der Waals surface area contributed by atoms with Crippen LogP contribution in [0.2, 0.25) is 0 Å². The quantitative estimate of drug-likeness (QED) is 0.834. The Balaban J connectivity index is 1.94. The molecule has 2 aromatic heterocycles. The molecule has 116 valence electrons. The minimum absolute atomic E-state index is 0.198. The first kappa shape index (κ1) is 14.3. The number of imidazole rings is 1. The van der Waals surface area contributed by atoms with Gasteiger partial charge in [-0.2, -0.15) is 5.10 Å². The zero-order chi connectivity index (χ0) is 15.9. The van der Waals surface area contributed by atoms with Crippen LogP contribution in [0, 0.1) is 0 Å². The van der Waals surface area contributed by atoms with Gasteiger partial charge < -0.3 is 9.88 Å². The number of carbonyl (C=O) groups is 2. The highest BCUT2D eigenvalue weighted by molar-refractivity contribution is 6.07. The van der Waals surface area contributed by atoms with Crippen LogP contribution in [0.3, 0.4) is 0 Å². The van der Waals surface area contributed by atoms with E-state index in [0.717, 1.165) is 5.69 Å². The van der Waals surface area contributed by atoms with Crippen LogP contribution < -0.4 is 5.32 Å². The van der Waals surface area contributed by atoms with Crippen molar-refractivity contribution in [2.45, 2.75) is 25.4 Å². The van der Waals surface area contributed by atoms with E-state index in [-0.39, 0.29) is 12.5 Å². The maximum absolute atomic E-state index is 12.9. The van der Waals surface area contributed by atoms with Gasteiger partial charge >= 0.3 is 6.03 Å². The van der Waals surface area contributed by atoms with Gasteiger partial charge in [0.2, 0.25) is 0 Å². The van der Waals surface area contributed by atoms with Crippen LogP contribution in [-0.4, -0.2) is 36.2 Å². The summed E-state index contributed by atoms with van der Waals surface area (Å²) in [6.07, 6.45) is 7.13. The number of nitrogens with one attached hydrogen (secondary N) is 1. The third-order valence-corrected chi connectivity index (χ3v) is 4.14. The van der Waals surface area contributed by atoms with Crippen molar-refractivity contribution in [2.24, 2.45) is 14.1 Å². The summed E-state index contributed by atoms with van der Waals surface area (Å²) in [6, 6.07) is -0.392. The lowest BCUT2D eigenvalue weighted by molar-refractivity contribution is -0.132. The van der Waals surface area contributed by atoms with Gasteiger partial charge in [0.25, 0.3) is 5.91 Å². The Morgan fingerprint density at radius 1 is 1.27 bits per heavy atom. The van der Waals surface area contributed by atoms with Crippen molar-refractivity contribution in [1.82, 2.24) is 29.5 Å². The number of urea groups is 1. The molecule has 0 saturated carbocycles. The number of hydrogen-bond acceptors (Lipinski definition) is 4. The summed E-state index contributed by atoms with van der Waals surface area (Å²) in [5, 5.41) is 6.94. The predicted octanol–water partition coefficient (Wildman–Crippen LogP) is 0.511. The van der Waals surface area contributed by atoms with Gasteiger partial charge in [0, 0.05) is 32.1 Å². The Bertz CT molecular complexity index is 733. The van der Waals surface area contributed by atoms with E-state index in [4.69, 9.17) is 0 Å². The van der Waals surface area contributed by atoms with Crippen LogP contribution in [-0.2, 0) is 31.0 Å². The molecule has 22 heavy (non-hydrogen) atoms. The molecule has 8 nitrogen and oxygen atoms in total. The van der Waals surface area contributed by atoms with Crippen LogP contribution in [0.15, 0.2) is 24.9 Å². The summed E-state index contributed by atoms with van der Waals surface area (Å²) in [4.78, 5) is 30.4. The number of imide groups is 1. The van der Waals surface area contributed by atoms with E-state index >= 15 is 0 Å². The minimum atomic E-state index is -1.04. The van der Waals surface area contributed by atoms with Crippen molar-refractivity contribution >= 4 is 11.9 Å². The molecule has 2 aromatic rings. The van der Waals surface area contributed by atoms with Crippen molar-refractivity contribution in [3.05, 3.63) is 36.2 Å². The first-order chi connectivity index (χ1) is 10.5. The Kier molecular flexibility index (Phi) is 3.23. The molecule has 0 aliphatic carbocycles. The Labute approximate surface area is 127 Å². The average Bonchev–Trinajstić information content (AvgIpc) is 3.15. The van der Waals surface area contributed by atoms with E-state index < -0.39 is 11.6 Å². The zero-order valence-corrected chi connectivity index (χ0v) is 12.8. The van der Waals surface area contributed by atoms with Gasteiger partial charge in [0.05, 0.1) is 24.8 Å². The van der Waals surface area contributed by atoms with Crippen molar-refractivity contribution < 1.29 is 9.59 Å². The molecule has 1 atom stereocenters. The topological polar surface area (TPSA) is 85.1 Å². The molecule has 3 rings (SSSR count). The van der Waals surface area contributed by atoms with Gasteiger partial charge in [0.15, 0.2) is 0 Å². The number of hydrogen-bond donors (Lipinski definition) is 1. The number of rotatable bonds is 4. The van der Waals surface area contributed by atoms with Gasteiger partial charge in [-0.3, -0.25) is 14.4 Å². The Morgan fingerprint density at radius 2 is 2.05 bits per heavy atom. The van der Waals surface area contributed by atoms with Gasteiger partial charge in [0.1, 0.15) is 5.54 Å². The molecule has 1 fully saturated rings. The Morgan fingerprint density at radius 3 is 2.59 bits per heavy atom. The van der Waals surface area contributed by atoms with Crippen molar-refractivity contribution in [2.75, 3.05) is 0 Å². The fourth-order valence-electron chi connectivity index (χ4n) is 2.75. The maximum Gasteiger partial charge on any atom is 0.325 e. The lowest BCUT2D eigenvalue weighted by Gasteiger charge is -2.23. The molecule has 0 radical (unpaired) electrons. The molecular formula is C14H18N6O2. The molecule has 1 unspecified atom stereocenters. The highest BCUT2D eigenvalue weighted by Crippen LogP contribution is 2.32. The molecule has 1 N–H and O–H groups in total. The number of amides is 3. The smallest absolute Gasteiger partial charge is 0.325 e. The maximum atomic E-state index is 12.9. The number of nitrogens with zero attached hydrogens (tertiary/aromatic N) is 5. The van der Waals surface area contributed by atoms with Crippen LogP contribution in [0.25, 0.3) is 0 Å². The summed E-state index contributed by atoms with van der Waals surface area (Å²) in [5.41, 5.74) is 0.453. The Hall–Kier alpha value is -2.64. The second-order valence-corrected chi connectivity index (χ2v) is 5.48. The lowest BCUT2D eigenvalue weighted by Crippen LogP contribution is -2.43. The molecule has 0 bridgehead atoms. The molecule has 0 spiro atoms. The fourth-order valence-corrected chi connectivity index (χ4v) is 2.75. The first-order valence-electron chi connectivity index (χ1n) is 7.06. The van der Waals surface area contributed by atoms with Crippen LogP contribution in [0.1, 0.15) is 24.6 Å². The number of aromatic nitrogens is 4.